The molecular formula is C10H19N3O. The summed E-state index contributed by atoms with van der Waals surface area (Å²) in [6.07, 6.45) is 3.89. The molecule has 0 atom stereocenters. The van der Waals surface area contributed by atoms with Crippen LogP contribution in [0.15, 0.2) is 6.20 Å². The monoisotopic (exact) mass is 197 g/mol. The van der Waals surface area contributed by atoms with Gasteiger partial charge in [0.05, 0.1) is 6.61 Å². The molecule has 0 aromatic carbocycles. The number of H-pyrrole nitrogens is 1. The van der Waals surface area contributed by atoms with Crippen LogP contribution in [0.2, 0.25) is 0 Å². The molecule has 4 nitrogen and oxygen atoms in total. The highest BCUT2D eigenvalue weighted by Crippen LogP contribution is 1.97. The Labute approximate surface area is 85.1 Å². The van der Waals surface area contributed by atoms with E-state index in [0.717, 1.165) is 44.1 Å². The van der Waals surface area contributed by atoms with E-state index in [1.165, 1.54) is 0 Å². The van der Waals surface area contributed by atoms with Gasteiger partial charge in [-0.2, -0.15) is 0 Å². The second-order valence-corrected chi connectivity index (χ2v) is 3.27. The van der Waals surface area contributed by atoms with Gasteiger partial charge < -0.3 is 15.0 Å². The van der Waals surface area contributed by atoms with Gasteiger partial charge in [-0.1, -0.05) is 6.92 Å². The number of rotatable bonds is 7. The van der Waals surface area contributed by atoms with Crippen molar-refractivity contribution in [2.45, 2.75) is 26.3 Å². The summed E-state index contributed by atoms with van der Waals surface area (Å²) in [5.41, 5.74) is 1.14. The zero-order valence-corrected chi connectivity index (χ0v) is 8.97. The predicted octanol–water partition coefficient (Wildman–Crippen LogP) is 1.10. The lowest BCUT2D eigenvalue weighted by Gasteiger charge is -1.99. The summed E-state index contributed by atoms with van der Waals surface area (Å²) in [5.74, 6) is 1.00. The molecule has 0 aliphatic rings. The number of nitrogens with one attached hydrogen (secondary N) is 2. The molecule has 0 saturated heterocycles. The molecule has 0 aliphatic carbocycles. The highest BCUT2D eigenvalue weighted by Gasteiger charge is 1.99. The van der Waals surface area contributed by atoms with E-state index >= 15 is 0 Å². The van der Waals surface area contributed by atoms with Crippen LogP contribution in [0.1, 0.15) is 24.9 Å². The normalized spacial score (nSPS) is 10.7. The van der Waals surface area contributed by atoms with E-state index in [4.69, 9.17) is 4.74 Å². The largest absolute Gasteiger partial charge is 0.384 e. The molecule has 2 N–H and O–H groups in total. The third-order valence-corrected chi connectivity index (χ3v) is 1.97. The molecule has 4 heteroatoms. The lowest BCUT2D eigenvalue weighted by molar-refractivity contribution is 0.200. The fourth-order valence-corrected chi connectivity index (χ4v) is 1.22. The van der Waals surface area contributed by atoms with E-state index < -0.39 is 0 Å². The van der Waals surface area contributed by atoms with Crippen molar-refractivity contribution in [3.63, 3.8) is 0 Å². The first-order valence-corrected chi connectivity index (χ1v) is 5.09. The predicted molar refractivity (Wildman–Crippen MR) is 56.2 cm³/mol. The Bertz CT molecular complexity index is 247. The van der Waals surface area contributed by atoms with Gasteiger partial charge in [-0.05, 0) is 13.0 Å². The molecule has 0 bridgehead atoms. The van der Waals surface area contributed by atoms with Crippen molar-refractivity contribution in [2.24, 2.45) is 0 Å². The van der Waals surface area contributed by atoms with Crippen LogP contribution in [0, 0.1) is 0 Å². The van der Waals surface area contributed by atoms with Crippen molar-refractivity contribution < 1.29 is 4.74 Å². The van der Waals surface area contributed by atoms with Crippen molar-refractivity contribution in [1.82, 2.24) is 15.3 Å². The van der Waals surface area contributed by atoms with Gasteiger partial charge in [0.25, 0.3) is 0 Å². The molecule has 1 aromatic heterocycles. The Kier molecular flexibility index (Phi) is 5.25. The summed E-state index contributed by atoms with van der Waals surface area (Å²) in [4.78, 5) is 7.51. The molecule has 0 amide bonds. The maximum atomic E-state index is 4.98. The number of nitrogens with zero attached hydrogens (tertiary/aromatic N) is 1. The summed E-state index contributed by atoms with van der Waals surface area (Å²) in [5, 5.41) is 3.32. The number of ether oxygens (including phenoxy) is 1. The smallest absolute Gasteiger partial charge is 0.108 e. The van der Waals surface area contributed by atoms with Gasteiger partial charge in [-0.3, -0.25) is 0 Å². The average molecular weight is 197 g/mol. The second-order valence-electron chi connectivity index (χ2n) is 3.27. The van der Waals surface area contributed by atoms with Crippen molar-refractivity contribution in [2.75, 3.05) is 20.3 Å². The molecule has 0 unspecified atom stereocenters. The second kappa shape index (κ2) is 6.56. The summed E-state index contributed by atoms with van der Waals surface area (Å²) < 4.78 is 4.98. The molecule has 1 heterocycles. The minimum absolute atomic E-state index is 0.718. The van der Waals surface area contributed by atoms with E-state index in [-0.39, 0.29) is 0 Å². The zero-order valence-electron chi connectivity index (χ0n) is 8.97. The van der Waals surface area contributed by atoms with Crippen LogP contribution in [0.5, 0.6) is 0 Å². The molecule has 0 fully saturated rings. The minimum Gasteiger partial charge on any atom is -0.384 e. The Morgan fingerprint density at radius 1 is 1.57 bits per heavy atom. The van der Waals surface area contributed by atoms with Crippen LogP contribution in [0.3, 0.4) is 0 Å². The average Bonchev–Trinajstić information content (AvgIpc) is 2.63. The Balaban J connectivity index is 2.27. The summed E-state index contributed by atoms with van der Waals surface area (Å²) in [6, 6.07) is 0. The number of hydrogen-bond donors (Lipinski definition) is 2. The number of methoxy groups -OCH3 is 1. The highest BCUT2D eigenvalue weighted by atomic mass is 16.5. The Morgan fingerprint density at radius 3 is 3.14 bits per heavy atom. The van der Waals surface area contributed by atoms with Crippen molar-refractivity contribution >= 4 is 0 Å². The molecule has 1 rings (SSSR count). The van der Waals surface area contributed by atoms with E-state index in [9.17, 15) is 0 Å². The molecule has 0 saturated carbocycles. The van der Waals surface area contributed by atoms with Gasteiger partial charge >= 0.3 is 0 Å². The van der Waals surface area contributed by atoms with Crippen LogP contribution >= 0.6 is 0 Å². The quantitative estimate of drug-likeness (QED) is 0.643. The first-order chi connectivity index (χ1) is 6.86. The van der Waals surface area contributed by atoms with Gasteiger partial charge in [0.15, 0.2) is 0 Å². The fourth-order valence-electron chi connectivity index (χ4n) is 1.22. The van der Waals surface area contributed by atoms with Crippen LogP contribution in [0.25, 0.3) is 0 Å². The number of hydrogen-bond acceptors (Lipinski definition) is 3. The van der Waals surface area contributed by atoms with Crippen LogP contribution in [-0.4, -0.2) is 30.2 Å². The summed E-state index contributed by atoms with van der Waals surface area (Å²) in [7, 11) is 1.70. The van der Waals surface area contributed by atoms with Gasteiger partial charge in [0.2, 0.25) is 0 Å². The lowest BCUT2D eigenvalue weighted by Crippen LogP contribution is -2.14. The first kappa shape index (κ1) is 11.2. The Hall–Kier alpha value is -0.870. The van der Waals surface area contributed by atoms with Gasteiger partial charge in [0.1, 0.15) is 5.82 Å². The third kappa shape index (κ3) is 3.89. The standard InChI is InChI=1S/C10H19N3O/c1-3-5-11-7-9-8-12-10(13-9)4-6-14-2/h8,11H,3-7H2,1-2H3,(H,12,13). The topological polar surface area (TPSA) is 49.9 Å². The highest BCUT2D eigenvalue weighted by molar-refractivity contribution is 5.01. The van der Waals surface area contributed by atoms with Gasteiger partial charge in [-0.25, -0.2) is 4.98 Å². The maximum Gasteiger partial charge on any atom is 0.108 e. The molecular weight excluding hydrogens is 178 g/mol. The summed E-state index contributed by atoms with van der Waals surface area (Å²) >= 11 is 0. The van der Waals surface area contributed by atoms with E-state index in [1.807, 2.05) is 6.20 Å². The van der Waals surface area contributed by atoms with Crippen LogP contribution < -0.4 is 5.32 Å². The van der Waals surface area contributed by atoms with Crippen LogP contribution in [-0.2, 0) is 17.7 Å². The molecule has 0 spiro atoms. The van der Waals surface area contributed by atoms with Gasteiger partial charge in [0, 0.05) is 32.0 Å². The first-order valence-electron chi connectivity index (χ1n) is 5.09. The fraction of sp³-hybridized carbons (Fsp3) is 0.700. The van der Waals surface area contributed by atoms with Crippen molar-refractivity contribution in [3.8, 4) is 0 Å². The minimum atomic E-state index is 0.718. The van der Waals surface area contributed by atoms with E-state index in [2.05, 4.69) is 22.2 Å². The molecule has 0 aliphatic heterocycles. The molecule has 80 valence electrons. The third-order valence-electron chi connectivity index (χ3n) is 1.97. The summed E-state index contributed by atoms with van der Waals surface area (Å²) in [6.45, 7) is 4.79. The molecule has 14 heavy (non-hydrogen) atoms. The van der Waals surface area contributed by atoms with E-state index in [0.29, 0.717) is 0 Å². The lowest BCUT2D eigenvalue weighted by atomic mass is 10.4. The van der Waals surface area contributed by atoms with Crippen molar-refractivity contribution in [1.29, 1.82) is 0 Å². The van der Waals surface area contributed by atoms with E-state index in [1.54, 1.807) is 7.11 Å². The SMILES string of the molecule is CCCNCc1cnc(CCOC)[nH]1. The van der Waals surface area contributed by atoms with Gasteiger partial charge in [-0.15, -0.1) is 0 Å². The Morgan fingerprint density at radius 2 is 2.43 bits per heavy atom. The maximum absolute atomic E-state index is 4.98. The molecule has 1 aromatic rings. The zero-order chi connectivity index (χ0) is 10.2. The molecule has 0 radical (unpaired) electrons. The van der Waals surface area contributed by atoms with Crippen molar-refractivity contribution in [3.05, 3.63) is 17.7 Å². The number of imidazole rings is 1. The van der Waals surface area contributed by atoms with Crippen LogP contribution in [0.4, 0.5) is 0 Å². The number of aromatic amines is 1. The number of aromatic nitrogens is 2.